The number of ether oxygens (including phenoxy) is 3. The van der Waals surface area contributed by atoms with E-state index in [-0.39, 0.29) is 48.7 Å². The zero-order valence-corrected chi connectivity index (χ0v) is 15.9. The Morgan fingerprint density at radius 1 is 0.769 bits per heavy atom. The van der Waals surface area contributed by atoms with Crippen molar-refractivity contribution in [2.75, 3.05) is 19.8 Å². The van der Waals surface area contributed by atoms with E-state index in [1.54, 1.807) is 0 Å². The molecule has 9 atom stereocenters. The summed E-state index contributed by atoms with van der Waals surface area (Å²) in [6.45, 7) is -2.32. The van der Waals surface area contributed by atoms with Crippen LogP contribution < -0.4 is 0 Å². The van der Waals surface area contributed by atoms with Crippen molar-refractivity contribution in [2.45, 2.75) is 54.8 Å². The molecule has 0 amide bonds. The Morgan fingerprint density at radius 3 is 1.73 bits per heavy atom. The van der Waals surface area contributed by atoms with E-state index in [2.05, 4.69) is 0 Å². The van der Waals surface area contributed by atoms with Crippen LogP contribution in [0, 0.1) is 0 Å². The van der Waals surface area contributed by atoms with Crippen LogP contribution in [0.3, 0.4) is 0 Å². The molecular formula is C12H24CaO13. The summed E-state index contributed by atoms with van der Waals surface area (Å²) in [7, 11) is 0. The van der Waals surface area contributed by atoms with Crippen LogP contribution in [0.2, 0.25) is 0 Å². The minimum absolute atomic E-state index is 0. The van der Waals surface area contributed by atoms with Gasteiger partial charge in [-0.25, -0.2) is 0 Å². The molecule has 2 aliphatic heterocycles. The zero-order valence-electron chi connectivity index (χ0n) is 13.6. The second-order valence-corrected chi connectivity index (χ2v) is 5.56. The van der Waals surface area contributed by atoms with E-state index in [0.717, 1.165) is 0 Å². The van der Waals surface area contributed by atoms with Crippen LogP contribution >= 0.6 is 0 Å². The van der Waals surface area contributed by atoms with Crippen LogP contribution in [0.4, 0.5) is 0 Å². The average Bonchev–Trinajstić information content (AvgIpc) is 2.80. The molecule has 2 saturated heterocycles. The van der Waals surface area contributed by atoms with Crippen molar-refractivity contribution in [3.05, 3.63) is 0 Å². The third kappa shape index (κ3) is 5.21. The van der Waals surface area contributed by atoms with Gasteiger partial charge in [0.2, 0.25) is 5.79 Å². The molecule has 10 N–H and O–H groups in total. The van der Waals surface area contributed by atoms with Gasteiger partial charge in [-0.2, -0.15) is 0 Å². The minimum Gasteiger partial charge on any atom is -0.870 e. The van der Waals surface area contributed by atoms with E-state index in [1.165, 1.54) is 0 Å². The maximum Gasteiger partial charge on any atom is 2.00 e. The third-order valence-electron chi connectivity index (χ3n) is 4.07. The summed E-state index contributed by atoms with van der Waals surface area (Å²) >= 11 is 0. The van der Waals surface area contributed by atoms with E-state index in [4.69, 9.17) is 24.4 Å². The monoisotopic (exact) mass is 416 g/mol. The fourth-order valence-electron chi connectivity index (χ4n) is 2.63. The summed E-state index contributed by atoms with van der Waals surface area (Å²) in [5.74, 6) is -2.22. The first-order valence-corrected chi connectivity index (χ1v) is 7.05. The van der Waals surface area contributed by atoms with Crippen molar-refractivity contribution in [3.63, 3.8) is 0 Å². The Bertz CT molecular complexity index is 401. The Labute approximate surface area is 178 Å². The molecule has 152 valence electrons. The first kappa shape index (κ1) is 28.9. The smallest absolute Gasteiger partial charge is 0.870 e. The Morgan fingerprint density at radius 2 is 1.31 bits per heavy atom. The molecular weight excluding hydrogens is 392 g/mol. The summed E-state index contributed by atoms with van der Waals surface area (Å²) in [4.78, 5) is 0. The third-order valence-corrected chi connectivity index (χ3v) is 4.07. The Balaban J connectivity index is 0. The van der Waals surface area contributed by atoms with Gasteiger partial charge in [0, 0.05) is 0 Å². The predicted octanol–water partition coefficient (Wildman–Crippen LogP) is -6.13. The Kier molecular flexibility index (Phi) is 13.0. The van der Waals surface area contributed by atoms with Gasteiger partial charge in [0.1, 0.15) is 49.3 Å². The molecule has 14 heteroatoms. The van der Waals surface area contributed by atoms with Gasteiger partial charge in [0.05, 0.1) is 13.2 Å². The van der Waals surface area contributed by atoms with Gasteiger partial charge in [0.25, 0.3) is 0 Å². The Hall–Kier alpha value is 0.740. The first-order chi connectivity index (χ1) is 10.8. The summed E-state index contributed by atoms with van der Waals surface area (Å²) < 4.78 is 15.4. The molecule has 2 fully saturated rings. The topological polar surface area (TPSA) is 250 Å². The zero-order chi connectivity index (χ0) is 17.4. The molecule has 26 heavy (non-hydrogen) atoms. The normalized spacial score (nSPS) is 45.2. The molecule has 0 aromatic carbocycles. The quantitative estimate of drug-likeness (QED) is 0.194. The molecule has 0 spiro atoms. The number of hydrogen-bond donors (Lipinski definition) is 8. The molecule has 2 aliphatic rings. The number of aliphatic hydroxyl groups excluding tert-OH is 8. The summed E-state index contributed by atoms with van der Waals surface area (Å²) in [6, 6.07) is 0. The molecule has 2 rings (SSSR count). The molecule has 0 bridgehead atoms. The van der Waals surface area contributed by atoms with Crippen molar-refractivity contribution >= 4 is 37.7 Å². The summed E-state index contributed by atoms with van der Waals surface area (Å²) in [5, 5.41) is 76.7. The van der Waals surface area contributed by atoms with Crippen LogP contribution in [0.15, 0.2) is 0 Å². The van der Waals surface area contributed by atoms with Crippen LogP contribution in [-0.2, 0) is 14.2 Å². The number of hydrogen-bond acceptors (Lipinski definition) is 13. The second-order valence-electron chi connectivity index (χ2n) is 5.56. The van der Waals surface area contributed by atoms with Gasteiger partial charge < -0.3 is 66.0 Å². The van der Waals surface area contributed by atoms with E-state index in [1.807, 2.05) is 0 Å². The van der Waals surface area contributed by atoms with Gasteiger partial charge in [-0.1, -0.05) is 0 Å². The standard InChI is InChI=1S/C12H22O11.Ca.2H2O/c13-1-4-6(16)8(18)9(19)11(21-4)23-12(3-15)10(20)7(17)5(2-14)22-12;;;/h4-11,13-20H,1-3H2;;2*1H2/q;+2;;/p-2/t4-,5-,6-,7-,8+,9-,10+,11-,12+;;;/m1.../s1. The largest absolute Gasteiger partial charge is 2.00 e. The fourth-order valence-corrected chi connectivity index (χ4v) is 2.63. The van der Waals surface area contributed by atoms with Crippen LogP contribution in [-0.4, -0.2) is 164 Å². The summed E-state index contributed by atoms with van der Waals surface area (Å²) in [5.41, 5.74) is 0. The van der Waals surface area contributed by atoms with Crippen LogP contribution in [0.1, 0.15) is 0 Å². The van der Waals surface area contributed by atoms with Gasteiger partial charge in [-0.05, 0) is 0 Å². The van der Waals surface area contributed by atoms with Crippen molar-refractivity contribution in [3.8, 4) is 0 Å². The molecule has 13 nitrogen and oxygen atoms in total. The maximum absolute atomic E-state index is 10.00. The predicted molar refractivity (Wildman–Crippen MR) is 78.3 cm³/mol. The van der Waals surface area contributed by atoms with Gasteiger partial charge in [-0.3, -0.25) is 0 Å². The van der Waals surface area contributed by atoms with E-state index >= 15 is 0 Å². The molecule has 0 saturated carbocycles. The average molecular weight is 416 g/mol. The van der Waals surface area contributed by atoms with Crippen LogP contribution in [0.5, 0.6) is 0 Å². The van der Waals surface area contributed by atoms with Gasteiger partial charge in [0.15, 0.2) is 6.29 Å². The van der Waals surface area contributed by atoms with Crippen molar-refractivity contribution in [1.29, 1.82) is 0 Å². The van der Waals surface area contributed by atoms with Crippen LogP contribution in [0.25, 0.3) is 0 Å². The van der Waals surface area contributed by atoms with Gasteiger partial charge in [-0.15, -0.1) is 0 Å². The second kappa shape index (κ2) is 11.7. The molecule has 0 radical (unpaired) electrons. The van der Waals surface area contributed by atoms with Crippen molar-refractivity contribution in [1.82, 2.24) is 0 Å². The molecule has 2 heterocycles. The summed E-state index contributed by atoms with van der Waals surface area (Å²) in [6.07, 6.45) is -12.7. The number of aliphatic hydroxyl groups is 8. The molecule has 0 unspecified atom stereocenters. The maximum atomic E-state index is 10.00. The first-order valence-electron chi connectivity index (χ1n) is 7.05. The van der Waals surface area contributed by atoms with E-state index < -0.39 is 74.6 Å². The minimum atomic E-state index is -2.22. The SMILES string of the molecule is OC[C@H]1O[C@@](CO)(O[C@H]2O[C@H](CO)[C@@H](O)[C@H](O)[C@H]2O)[C@@H](O)[C@@H]1O.[Ca+2].[OH-].[OH-]. The number of rotatable bonds is 5. The van der Waals surface area contributed by atoms with E-state index in [0.29, 0.717) is 0 Å². The van der Waals surface area contributed by atoms with Crippen molar-refractivity contribution < 1.29 is 66.0 Å². The molecule has 0 aromatic rings. The fraction of sp³-hybridized carbons (Fsp3) is 1.00. The van der Waals surface area contributed by atoms with Crippen molar-refractivity contribution in [2.24, 2.45) is 0 Å². The molecule has 0 aromatic heterocycles. The van der Waals surface area contributed by atoms with E-state index in [9.17, 15) is 30.6 Å². The molecule has 0 aliphatic carbocycles. The van der Waals surface area contributed by atoms with Gasteiger partial charge >= 0.3 is 37.7 Å².